The maximum atomic E-state index is 13.7. The summed E-state index contributed by atoms with van der Waals surface area (Å²) in [6.45, 7) is 13.6. The third-order valence-corrected chi connectivity index (χ3v) is 10.2. The predicted molar refractivity (Wildman–Crippen MR) is 121 cm³/mol. The van der Waals surface area contributed by atoms with Crippen LogP contribution < -0.4 is 0 Å². The molecule has 4 fully saturated rings. The second kappa shape index (κ2) is 7.52. The van der Waals surface area contributed by atoms with Crippen LogP contribution in [-0.2, 0) is 9.59 Å². The highest BCUT2D eigenvalue weighted by atomic mass is 16.2. The first kappa shape index (κ1) is 22.1. The van der Waals surface area contributed by atoms with Gasteiger partial charge >= 0.3 is 0 Å². The van der Waals surface area contributed by atoms with Crippen LogP contribution in [0.25, 0.3) is 0 Å². The number of fused-ring (bicyclic) bond motifs is 5. The Kier molecular flexibility index (Phi) is 5.55. The van der Waals surface area contributed by atoms with E-state index < -0.39 is 0 Å². The Morgan fingerprint density at radius 2 is 1.57 bits per heavy atom. The van der Waals surface area contributed by atoms with Gasteiger partial charge in [-0.15, -0.1) is 0 Å². The highest BCUT2D eigenvalue weighted by Crippen LogP contribution is 2.66. The van der Waals surface area contributed by atoms with Crippen molar-refractivity contribution in [1.29, 1.82) is 0 Å². The van der Waals surface area contributed by atoms with Gasteiger partial charge in [0.15, 0.2) is 0 Å². The molecule has 4 nitrogen and oxygen atoms in total. The van der Waals surface area contributed by atoms with Gasteiger partial charge in [0.25, 0.3) is 0 Å². The fraction of sp³-hybridized carbons (Fsp3) is 0.923. The fourth-order valence-corrected chi connectivity index (χ4v) is 8.84. The van der Waals surface area contributed by atoms with Crippen LogP contribution >= 0.6 is 0 Å². The molecule has 0 radical (unpaired) electrons. The van der Waals surface area contributed by atoms with E-state index in [-0.39, 0.29) is 28.8 Å². The third kappa shape index (κ3) is 3.06. The Morgan fingerprint density at radius 1 is 0.933 bits per heavy atom. The van der Waals surface area contributed by atoms with E-state index in [1.54, 1.807) is 0 Å². The van der Waals surface area contributed by atoms with Crippen LogP contribution in [-0.4, -0.2) is 46.8 Å². The summed E-state index contributed by atoms with van der Waals surface area (Å²) in [4.78, 5) is 30.3. The lowest BCUT2D eigenvalue weighted by Crippen LogP contribution is -2.61. The minimum absolute atomic E-state index is 0.153. The van der Waals surface area contributed by atoms with Crippen molar-refractivity contribution in [3.8, 4) is 0 Å². The molecule has 2 amide bonds. The van der Waals surface area contributed by atoms with E-state index in [0.717, 1.165) is 25.2 Å². The molecule has 3 aliphatic carbocycles. The molecular weight excluding hydrogens is 372 g/mol. The summed E-state index contributed by atoms with van der Waals surface area (Å²) in [7, 11) is 2.04. The number of hydrogen-bond acceptors (Lipinski definition) is 2. The first-order chi connectivity index (χ1) is 14.0. The summed E-state index contributed by atoms with van der Waals surface area (Å²) in [5.41, 5.74) is 0.413. The molecule has 0 spiro atoms. The molecule has 30 heavy (non-hydrogen) atoms. The maximum Gasteiger partial charge on any atom is 0.226 e. The molecular formula is C26H44N2O2. The number of hydrogen-bond donors (Lipinski definition) is 0. The number of piperidine rings is 1. The predicted octanol–water partition coefficient (Wildman–Crippen LogP) is 5.11. The van der Waals surface area contributed by atoms with E-state index in [4.69, 9.17) is 0 Å². The molecule has 4 heteroatoms. The normalized spacial score (nSPS) is 43.4. The van der Waals surface area contributed by atoms with Crippen LogP contribution in [0.5, 0.6) is 0 Å². The standard InChI is InChI=1S/C26H44N2O2/c1-16(2)28(17(3)4)24(30)21-10-9-19-18-8-11-22-26(6,15-13-23(29)27(22)7)20(18)12-14-25(19,21)5/h16-22H,8-15H2,1-7H3/t18-,19-,20-,21+,22+,25-,26+/m0/s1. The van der Waals surface area contributed by atoms with Gasteiger partial charge in [0, 0.05) is 37.5 Å². The monoisotopic (exact) mass is 416 g/mol. The van der Waals surface area contributed by atoms with Gasteiger partial charge in [-0.05, 0) is 101 Å². The molecule has 0 aromatic heterocycles. The number of amides is 2. The molecule has 0 bridgehead atoms. The average molecular weight is 417 g/mol. The number of likely N-dealkylation sites (tertiary alicyclic amines) is 1. The second-order valence-electron chi connectivity index (χ2n) is 12.1. The van der Waals surface area contributed by atoms with Gasteiger partial charge in [0.2, 0.25) is 11.8 Å². The molecule has 0 unspecified atom stereocenters. The maximum absolute atomic E-state index is 13.7. The number of rotatable bonds is 3. The lowest BCUT2D eigenvalue weighted by molar-refractivity contribution is -0.162. The molecule has 170 valence electrons. The van der Waals surface area contributed by atoms with Crippen LogP contribution in [0.15, 0.2) is 0 Å². The van der Waals surface area contributed by atoms with Gasteiger partial charge in [-0.3, -0.25) is 9.59 Å². The van der Waals surface area contributed by atoms with Crippen LogP contribution in [0.1, 0.15) is 92.9 Å². The lowest BCUT2D eigenvalue weighted by Gasteiger charge is -2.61. The number of nitrogens with zero attached hydrogens (tertiary/aromatic N) is 2. The van der Waals surface area contributed by atoms with Crippen molar-refractivity contribution >= 4 is 11.8 Å². The number of carbonyl (C=O) groups excluding carboxylic acids is 2. The topological polar surface area (TPSA) is 40.6 Å². The summed E-state index contributed by atoms with van der Waals surface area (Å²) < 4.78 is 0. The van der Waals surface area contributed by atoms with Crippen molar-refractivity contribution in [1.82, 2.24) is 9.80 Å². The van der Waals surface area contributed by atoms with E-state index >= 15 is 0 Å². The first-order valence-electron chi connectivity index (χ1n) is 12.6. The van der Waals surface area contributed by atoms with Crippen molar-refractivity contribution in [2.24, 2.45) is 34.5 Å². The van der Waals surface area contributed by atoms with Crippen molar-refractivity contribution < 1.29 is 9.59 Å². The Morgan fingerprint density at radius 3 is 2.20 bits per heavy atom. The van der Waals surface area contributed by atoms with Crippen LogP contribution in [0.4, 0.5) is 0 Å². The van der Waals surface area contributed by atoms with Gasteiger partial charge < -0.3 is 9.80 Å². The Hall–Kier alpha value is -1.06. The Bertz CT molecular complexity index is 695. The minimum Gasteiger partial charge on any atom is -0.342 e. The lowest BCUT2D eigenvalue weighted by atomic mass is 9.47. The van der Waals surface area contributed by atoms with E-state index in [1.165, 1.54) is 25.7 Å². The highest BCUT2D eigenvalue weighted by Gasteiger charge is 2.62. The largest absolute Gasteiger partial charge is 0.342 e. The number of carbonyl (C=O) groups is 2. The van der Waals surface area contributed by atoms with Gasteiger partial charge in [0.05, 0.1) is 0 Å². The molecule has 1 heterocycles. The van der Waals surface area contributed by atoms with Crippen molar-refractivity contribution in [3.63, 3.8) is 0 Å². The second-order valence-corrected chi connectivity index (χ2v) is 12.1. The molecule has 7 atom stereocenters. The van der Waals surface area contributed by atoms with Crippen LogP contribution in [0.2, 0.25) is 0 Å². The highest BCUT2D eigenvalue weighted by molar-refractivity contribution is 5.81. The summed E-state index contributed by atoms with van der Waals surface area (Å²) in [6.07, 6.45) is 8.86. The SMILES string of the molecule is CC(C)N(C(=O)[C@H]1CC[C@H]2[C@@H]3CC[C@H]4N(C)C(=O)CC[C@]4(C)[C@H]3CC[C@]12C)C(C)C. The van der Waals surface area contributed by atoms with Crippen LogP contribution in [0, 0.1) is 34.5 Å². The molecule has 0 aromatic rings. The van der Waals surface area contributed by atoms with Gasteiger partial charge in [0.1, 0.15) is 0 Å². The summed E-state index contributed by atoms with van der Waals surface area (Å²) >= 11 is 0. The molecule has 4 aliphatic rings. The van der Waals surface area contributed by atoms with Crippen molar-refractivity contribution in [3.05, 3.63) is 0 Å². The van der Waals surface area contributed by atoms with Gasteiger partial charge in [-0.2, -0.15) is 0 Å². The zero-order valence-corrected chi connectivity index (χ0v) is 20.4. The van der Waals surface area contributed by atoms with E-state index in [9.17, 15) is 9.59 Å². The molecule has 3 saturated carbocycles. The average Bonchev–Trinajstić information content (AvgIpc) is 3.01. The Labute approximate surface area is 184 Å². The van der Waals surface area contributed by atoms with Gasteiger partial charge in [-0.1, -0.05) is 13.8 Å². The third-order valence-electron chi connectivity index (χ3n) is 10.2. The van der Waals surface area contributed by atoms with E-state index in [2.05, 4.69) is 51.3 Å². The fourth-order valence-electron chi connectivity index (χ4n) is 8.84. The minimum atomic E-state index is 0.153. The zero-order valence-electron chi connectivity index (χ0n) is 20.4. The molecule has 1 aliphatic heterocycles. The Balaban J connectivity index is 1.59. The van der Waals surface area contributed by atoms with E-state index in [0.29, 0.717) is 36.1 Å². The van der Waals surface area contributed by atoms with Crippen molar-refractivity contribution in [2.75, 3.05) is 7.05 Å². The summed E-state index contributed by atoms with van der Waals surface area (Å²) in [6, 6.07) is 0.947. The molecule has 1 saturated heterocycles. The molecule has 4 rings (SSSR count). The quantitative estimate of drug-likeness (QED) is 0.641. The van der Waals surface area contributed by atoms with Gasteiger partial charge in [-0.25, -0.2) is 0 Å². The zero-order chi connectivity index (χ0) is 22.0. The molecule has 0 N–H and O–H groups in total. The summed E-state index contributed by atoms with van der Waals surface area (Å²) in [5.74, 6) is 3.05. The molecule has 0 aromatic carbocycles. The summed E-state index contributed by atoms with van der Waals surface area (Å²) in [5, 5.41) is 0. The van der Waals surface area contributed by atoms with E-state index in [1.807, 2.05) is 7.05 Å². The smallest absolute Gasteiger partial charge is 0.226 e. The van der Waals surface area contributed by atoms with Crippen molar-refractivity contribution in [2.45, 2.75) is 111 Å². The first-order valence-corrected chi connectivity index (χ1v) is 12.6. The van der Waals surface area contributed by atoms with Crippen LogP contribution in [0.3, 0.4) is 0 Å².